The number of ether oxygens (including phenoxy) is 1. The highest BCUT2D eigenvalue weighted by atomic mass is 16.6. The van der Waals surface area contributed by atoms with Gasteiger partial charge in [-0.15, -0.1) is 0 Å². The van der Waals surface area contributed by atoms with Crippen molar-refractivity contribution in [3.05, 3.63) is 33.4 Å². The maximum atomic E-state index is 11.9. The number of hydrogen-bond acceptors (Lipinski definition) is 5. The smallest absolute Gasteiger partial charge is 0.328 e. The van der Waals surface area contributed by atoms with Crippen LogP contribution in [0, 0.1) is 17.0 Å². The van der Waals surface area contributed by atoms with Crippen molar-refractivity contribution in [1.29, 1.82) is 0 Å². The third kappa shape index (κ3) is 2.74. The van der Waals surface area contributed by atoms with Crippen LogP contribution in [0.25, 0.3) is 0 Å². The molecule has 0 radical (unpaired) electrons. The van der Waals surface area contributed by atoms with Gasteiger partial charge in [-0.25, -0.2) is 4.79 Å². The summed E-state index contributed by atoms with van der Waals surface area (Å²) in [6, 6.07) is 2.75. The van der Waals surface area contributed by atoms with Crippen molar-refractivity contribution in [2.24, 2.45) is 0 Å². The van der Waals surface area contributed by atoms with E-state index in [-0.39, 0.29) is 11.7 Å². The third-order valence-electron chi connectivity index (χ3n) is 3.49. The summed E-state index contributed by atoms with van der Waals surface area (Å²) in [6.07, 6.45) is 2.33. The highest BCUT2D eigenvalue weighted by Gasteiger charge is 2.31. The maximum absolute atomic E-state index is 11.9. The molecule has 0 spiro atoms. The first-order valence-electron chi connectivity index (χ1n) is 6.74. The van der Waals surface area contributed by atoms with Crippen molar-refractivity contribution >= 4 is 17.3 Å². The Kier molecular flexibility index (Phi) is 4.22. The van der Waals surface area contributed by atoms with Crippen molar-refractivity contribution in [3.8, 4) is 0 Å². The SMILES string of the molecule is CCCCOC(=O)C1Cc2ccc([N+](=O)[O-])c(C)c2N1. The zero-order valence-electron chi connectivity index (χ0n) is 11.6. The Balaban J connectivity index is 2.09. The van der Waals surface area contributed by atoms with E-state index in [1.807, 2.05) is 6.92 Å². The first-order valence-corrected chi connectivity index (χ1v) is 6.74. The topological polar surface area (TPSA) is 81.5 Å². The van der Waals surface area contributed by atoms with E-state index in [1.165, 1.54) is 6.07 Å². The second kappa shape index (κ2) is 5.90. The molecule has 20 heavy (non-hydrogen) atoms. The van der Waals surface area contributed by atoms with Crippen molar-refractivity contribution in [2.75, 3.05) is 11.9 Å². The molecule has 1 heterocycles. The minimum Gasteiger partial charge on any atom is -0.464 e. The first kappa shape index (κ1) is 14.3. The number of carbonyl (C=O) groups is 1. The summed E-state index contributed by atoms with van der Waals surface area (Å²) in [5.74, 6) is -0.295. The van der Waals surface area contributed by atoms with Crippen LogP contribution in [0.15, 0.2) is 12.1 Å². The van der Waals surface area contributed by atoms with Gasteiger partial charge in [0.05, 0.1) is 17.1 Å². The Morgan fingerprint density at radius 3 is 2.95 bits per heavy atom. The number of fused-ring (bicyclic) bond motifs is 1. The van der Waals surface area contributed by atoms with E-state index in [1.54, 1.807) is 13.0 Å². The number of nitrogens with zero attached hydrogens (tertiary/aromatic N) is 1. The molecule has 6 nitrogen and oxygen atoms in total. The van der Waals surface area contributed by atoms with Gasteiger partial charge < -0.3 is 10.1 Å². The Labute approximate surface area is 117 Å². The summed E-state index contributed by atoms with van der Waals surface area (Å²) in [5, 5.41) is 13.9. The van der Waals surface area contributed by atoms with Crippen LogP contribution in [0.2, 0.25) is 0 Å². The number of esters is 1. The summed E-state index contributed by atoms with van der Waals surface area (Å²) in [7, 11) is 0. The lowest BCUT2D eigenvalue weighted by molar-refractivity contribution is -0.385. The van der Waals surface area contributed by atoms with Crippen molar-refractivity contribution < 1.29 is 14.5 Å². The van der Waals surface area contributed by atoms with Crippen LogP contribution in [0.3, 0.4) is 0 Å². The van der Waals surface area contributed by atoms with Gasteiger partial charge in [-0.2, -0.15) is 0 Å². The Bertz CT molecular complexity index is 542. The van der Waals surface area contributed by atoms with Gasteiger partial charge in [0.25, 0.3) is 5.69 Å². The fraction of sp³-hybridized carbons (Fsp3) is 0.500. The van der Waals surface area contributed by atoms with E-state index in [0.717, 1.165) is 18.4 Å². The van der Waals surface area contributed by atoms with Crippen molar-refractivity contribution in [2.45, 2.75) is 39.2 Å². The number of hydrogen-bond donors (Lipinski definition) is 1. The molecule has 0 saturated heterocycles. The maximum Gasteiger partial charge on any atom is 0.328 e. The van der Waals surface area contributed by atoms with Crippen LogP contribution >= 0.6 is 0 Å². The summed E-state index contributed by atoms with van der Waals surface area (Å²) >= 11 is 0. The molecule has 0 bridgehead atoms. The van der Waals surface area contributed by atoms with Crippen molar-refractivity contribution in [3.63, 3.8) is 0 Å². The predicted molar refractivity (Wildman–Crippen MR) is 74.8 cm³/mol. The number of nitro benzene ring substituents is 1. The molecule has 0 amide bonds. The minimum absolute atomic E-state index is 0.0660. The number of nitrogens with one attached hydrogen (secondary N) is 1. The fourth-order valence-electron chi connectivity index (χ4n) is 2.33. The van der Waals surface area contributed by atoms with Crippen LogP contribution in [-0.2, 0) is 16.0 Å². The molecule has 2 rings (SSSR count). The lowest BCUT2D eigenvalue weighted by Crippen LogP contribution is -2.29. The van der Waals surface area contributed by atoms with Gasteiger partial charge in [0.2, 0.25) is 0 Å². The summed E-state index contributed by atoms with van der Waals surface area (Å²) < 4.78 is 5.18. The average Bonchev–Trinajstić information content (AvgIpc) is 2.84. The van der Waals surface area contributed by atoms with Gasteiger partial charge in [0, 0.05) is 18.2 Å². The average molecular weight is 278 g/mol. The monoisotopic (exact) mass is 278 g/mol. The van der Waals surface area contributed by atoms with Crippen LogP contribution in [-0.4, -0.2) is 23.5 Å². The number of unbranched alkanes of at least 4 members (excludes halogenated alkanes) is 1. The number of carbonyl (C=O) groups excluding carboxylic acids is 1. The Morgan fingerprint density at radius 1 is 1.55 bits per heavy atom. The van der Waals surface area contributed by atoms with E-state index in [4.69, 9.17) is 4.74 Å². The van der Waals surface area contributed by atoms with E-state index in [0.29, 0.717) is 24.3 Å². The van der Waals surface area contributed by atoms with Gasteiger partial charge in [-0.1, -0.05) is 19.4 Å². The molecule has 1 unspecified atom stereocenters. The van der Waals surface area contributed by atoms with Crippen LogP contribution < -0.4 is 5.32 Å². The van der Waals surface area contributed by atoms with E-state index >= 15 is 0 Å². The molecule has 1 aliphatic heterocycles. The number of rotatable bonds is 5. The molecule has 0 aliphatic carbocycles. The quantitative estimate of drug-likeness (QED) is 0.387. The zero-order valence-corrected chi connectivity index (χ0v) is 11.6. The minimum atomic E-state index is -0.442. The predicted octanol–water partition coefficient (Wildman–Crippen LogP) is 2.58. The third-order valence-corrected chi connectivity index (χ3v) is 3.49. The summed E-state index contributed by atoms with van der Waals surface area (Å²) in [4.78, 5) is 22.4. The van der Waals surface area contributed by atoms with Gasteiger partial charge >= 0.3 is 5.97 Å². The molecule has 108 valence electrons. The molecular formula is C14H18N2O4. The second-order valence-corrected chi connectivity index (χ2v) is 4.92. The molecule has 0 aromatic heterocycles. The molecule has 1 aromatic carbocycles. The first-order chi connectivity index (χ1) is 9.54. The highest BCUT2D eigenvalue weighted by molar-refractivity contribution is 5.84. The molecule has 0 fully saturated rings. The fourth-order valence-corrected chi connectivity index (χ4v) is 2.33. The Morgan fingerprint density at radius 2 is 2.30 bits per heavy atom. The van der Waals surface area contributed by atoms with Crippen molar-refractivity contribution in [1.82, 2.24) is 0 Å². The summed E-state index contributed by atoms with van der Waals surface area (Å²) in [6.45, 7) is 4.14. The van der Waals surface area contributed by atoms with Gasteiger partial charge in [-0.3, -0.25) is 10.1 Å². The number of nitro groups is 1. The number of anilines is 1. The molecule has 1 aromatic rings. The lowest BCUT2D eigenvalue weighted by Gasteiger charge is -2.11. The van der Waals surface area contributed by atoms with E-state index < -0.39 is 11.0 Å². The molecular weight excluding hydrogens is 260 g/mol. The molecule has 1 aliphatic rings. The second-order valence-electron chi connectivity index (χ2n) is 4.92. The molecule has 0 saturated carbocycles. The standard InChI is InChI=1S/C14H18N2O4/c1-3-4-7-20-14(17)11-8-10-5-6-12(16(18)19)9(2)13(10)15-11/h5-6,11,15H,3-4,7-8H2,1-2H3. The molecule has 6 heteroatoms. The lowest BCUT2D eigenvalue weighted by atomic mass is 10.1. The van der Waals surface area contributed by atoms with E-state index in [2.05, 4.69) is 5.32 Å². The number of benzene rings is 1. The molecule has 1 atom stereocenters. The van der Waals surface area contributed by atoms with Gasteiger partial charge in [0.1, 0.15) is 6.04 Å². The largest absolute Gasteiger partial charge is 0.464 e. The van der Waals surface area contributed by atoms with Crippen LogP contribution in [0.5, 0.6) is 0 Å². The normalized spacial score (nSPS) is 16.4. The van der Waals surface area contributed by atoms with Gasteiger partial charge in [-0.05, 0) is 18.9 Å². The van der Waals surface area contributed by atoms with Gasteiger partial charge in [0.15, 0.2) is 0 Å². The van der Waals surface area contributed by atoms with Crippen LogP contribution in [0.1, 0.15) is 30.9 Å². The summed E-state index contributed by atoms with van der Waals surface area (Å²) in [5.41, 5.74) is 2.25. The zero-order chi connectivity index (χ0) is 14.7. The van der Waals surface area contributed by atoms with Crippen LogP contribution in [0.4, 0.5) is 11.4 Å². The Hall–Kier alpha value is -2.11. The van der Waals surface area contributed by atoms with E-state index in [9.17, 15) is 14.9 Å². The highest BCUT2D eigenvalue weighted by Crippen LogP contribution is 2.34. The molecule has 1 N–H and O–H groups in total.